The topological polar surface area (TPSA) is 65.5 Å². The van der Waals surface area contributed by atoms with Gasteiger partial charge in [0.2, 0.25) is 11.8 Å². The summed E-state index contributed by atoms with van der Waals surface area (Å²) >= 11 is 0. The quantitative estimate of drug-likeness (QED) is 0.761. The van der Waals surface area contributed by atoms with Crippen LogP contribution in [0.2, 0.25) is 0 Å². The first-order chi connectivity index (χ1) is 16.2. The molecule has 3 heterocycles. The Kier molecular flexibility index (Phi) is 6.72. The summed E-state index contributed by atoms with van der Waals surface area (Å²) in [5.41, 5.74) is 4.80. The van der Waals surface area contributed by atoms with Crippen LogP contribution in [0.3, 0.4) is 0 Å². The molecule has 0 spiro atoms. The molecule has 2 atom stereocenters. The third kappa shape index (κ3) is 5.27. The Morgan fingerprint density at radius 3 is 2.48 bits per heavy atom. The normalized spacial score (nSPS) is 23.2. The molecule has 2 fully saturated rings. The Morgan fingerprint density at radius 1 is 0.909 bits per heavy atom. The number of nitrogens with one attached hydrogen (secondary N) is 1. The van der Waals surface area contributed by atoms with Crippen LogP contribution < -0.4 is 5.32 Å². The zero-order chi connectivity index (χ0) is 22.6. The van der Waals surface area contributed by atoms with Crippen molar-refractivity contribution in [3.63, 3.8) is 0 Å². The summed E-state index contributed by atoms with van der Waals surface area (Å²) in [6.45, 7) is 3.81. The number of hydrogen-bond donors (Lipinski definition) is 1. The number of hydrogen-bond acceptors (Lipinski definition) is 4. The molecule has 2 aliphatic heterocycles. The maximum Gasteiger partial charge on any atom is 0.228 e. The molecule has 2 amide bonds. The van der Waals surface area contributed by atoms with Crippen LogP contribution in [-0.2, 0) is 29.0 Å². The minimum absolute atomic E-state index is 0.0313. The molecule has 1 aromatic heterocycles. The van der Waals surface area contributed by atoms with Crippen molar-refractivity contribution in [3.05, 3.63) is 59.4 Å². The summed E-state index contributed by atoms with van der Waals surface area (Å²) in [7, 11) is 0. The van der Waals surface area contributed by atoms with E-state index in [1.807, 2.05) is 23.1 Å². The van der Waals surface area contributed by atoms with Gasteiger partial charge in [-0.1, -0.05) is 6.07 Å². The van der Waals surface area contributed by atoms with Crippen LogP contribution in [0.4, 0.5) is 5.69 Å². The molecule has 6 nitrogen and oxygen atoms in total. The summed E-state index contributed by atoms with van der Waals surface area (Å²) in [4.78, 5) is 35.1. The van der Waals surface area contributed by atoms with Crippen LogP contribution in [0, 0.1) is 11.8 Å². The number of carbonyl (C=O) groups excluding carboxylic acids is 2. The third-order valence-corrected chi connectivity index (χ3v) is 7.44. The highest BCUT2D eigenvalue weighted by atomic mass is 16.2. The average Bonchev–Trinajstić information content (AvgIpc) is 3.32. The van der Waals surface area contributed by atoms with Crippen LogP contribution >= 0.6 is 0 Å². The van der Waals surface area contributed by atoms with E-state index >= 15 is 0 Å². The van der Waals surface area contributed by atoms with Crippen LogP contribution in [0.1, 0.15) is 48.8 Å². The number of piperidine rings is 2. The van der Waals surface area contributed by atoms with Crippen molar-refractivity contribution in [3.8, 4) is 0 Å². The van der Waals surface area contributed by atoms with Gasteiger partial charge < -0.3 is 10.2 Å². The Labute approximate surface area is 196 Å². The summed E-state index contributed by atoms with van der Waals surface area (Å²) in [5.74, 6) is -0.0738. The SMILES string of the molecule is O=C(Nc1ccc2c(c1)CCC2)[C@@H]1C[C@H](C(=O)N2CCCCC2)CN(Cc2ccncc2)C1. The summed E-state index contributed by atoms with van der Waals surface area (Å²) in [5, 5.41) is 3.16. The van der Waals surface area contributed by atoms with Gasteiger partial charge >= 0.3 is 0 Å². The van der Waals surface area contributed by atoms with Crippen molar-refractivity contribution in [2.24, 2.45) is 11.8 Å². The molecular formula is C27H34N4O2. The fourth-order valence-electron chi connectivity index (χ4n) is 5.70. The van der Waals surface area contributed by atoms with Crippen LogP contribution in [0.15, 0.2) is 42.7 Å². The number of pyridine rings is 1. The fraction of sp³-hybridized carbons (Fsp3) is 0.519. The predicted octanol–water partition coefficient (Wildman–Crippen LogP) is 3.66. The Hall–Kier alpha value is -2.73. The highest BCUT2D eigenvalue weighted by Crippen LogP contribution is 2.29. The van der Waals surface area contributed by atoms with Crippen molar-refractivity contribution in [2.75, 3.05) is 31.5 Å². The molecule has 1 N–H and O–H groups in total. The zero-order valence-corrected chi connectivity index (χ0v) is 19.3. The van der Waals surface area contributed by atoms with Crippen LogP contribution in [-0.4, -0.2) is 52.8 Å². The minimum atomic E-state index is -0.201. The first-order valence-corrected chi connectivity index (χ1v) is 12.5. The molecule has 2 saturated heterocycles. The maximum atomic E-state index is 13.4. The Balaban J connectivity index is 1.30. The highest BCUT2D eigenvalue weighted by Gasteiger charge is 2.37. The second-order valence-corrected chi connectivity index (χ2v) is 9.89. The second-order valence-electron chi connectivity index (χ2n) is 9.89. The number of aryl methyl sites for hydroxylation is 2. The average molecular weight is 447 g/mol. The van der Waals surface area contributed by atoms with Gasteiger partial charge in [0.25, 0.3) is 0 Å². The van der Waals surface area contributed by atoms with E-state index in [2.05, 4.69) is 27.3 Å². The van der Waals surface area contributed by atoms with Gasteiger partial charge in [-0.05, 0) is 85.9 Å². The molecule has 1 aromatic carbocycles. The number of fused-ring (bicyclic) bond motifs is 1. The van der Waals surface area contributed by atoms with Gasteiger partial charge in [-0.25, -0.2) is 0 Å². The Bertz CT molecular complexity index is 987. The molecule has 2 aromatic rings. The molecule has 6 heteroatoms. The maximum absolute atomic E-state index is 13.4. The number of benzene rings is 1. The van der Waals surface area contributed by atoms with Crippen molar-refractivity contribution >= 4 is 17.5 Å². The number of aromatic nitrogens is 1. The van der Waals surface area contributed by atoms with E-state index in [9.17, 15) is 9.59 Å². The monoisotopic (exact) mass is 446 g/mol. The molecule has 174 valence electrons. The molecule has 5 rings (SSSR count). The lowest BCUT2D eigenvalue weighted by atomic mass is 9.86. The molecule has 0 bridgehead atoms. The van der Waals surface area contributed by atoms with Gasteiger partial charge in [0.05, 0.1) is 11.8 Å². The van der Waals surface area contributed by atoms with Crippen molar-refractivity contribution in [2.45, 2.75) is 51.5 Å². The largest absolute Gasteiger partial charge is 0.342 e. The lowest BCUT2D eigenvalue weighted by Gasteiger charge is -2.39. The van der Waals surface area contributed by atoms with Crippen LogP contribution in [0.5, 0.6) is 0 Å². The molecule has 3 aliphatic rings. The smallest absolute Gasteiger partial charge is 0.228 e. The van der Waals surface area contributed by atoms with E-state index < -0.39 is 0 Å². The number of likely N-dealkylation sites (tertiary alicyclic amines) is 2. The molecule has 0 saturated carbocycles. The van der Waals surface area contributed by atoms with Gasteiger partial charge in [0, 0.05) is 50.8 Å². The van der Waals surface area contributed by atoms with E-state index in [4.69, 9.17) is 0 Å². The standard InChI is InChI=1S/C27H34N4O2/c32-26(29-25-8-7-21-5-4-6-22(21)16-25)23-15-24(27(33)31-13-2-1-3-14-31)19-30(18-23)17-20-9-11-28-12-10-20/h7-12,16,23-24H,1-6,13-15,17-19H2,(H,29,32)/t23-,24+/m1/s1. The molecule has 33 heavy (non-hydrogen) atoms. The van der Waals surface area contributed by atoms with Gasteiger partial charge in [-0.3, -0.25) is 19.5 Å². The number of rotatable bonds is 5. The number of carbonyl (C=O) groups is 2. The molecule has 0 unspecified atom stereocenters. The molecular weight excluding hydrogens is 412 g/mol. The van der Waals surface area contributed by atoms with Gasteiger partial charge in [0.1, 0.15) is 0 Å². The lowest BCUT2D eigenvalue weighted by Crippen LogP contribution is -2.50. The van der Waals surface area contributed by atoms with Crippen molar-refractivity contribution in [1.29, 1.82) is 0 Å². The minimum Gasteiger partial charge on any atom is -0.342 e. The summed E-state index contributed by atoms with van der Waals surface area (Å²) in [6.07, 6.45) is 11.0. The fourth-order valence-corrected chi connectivity index (χ4v) is 5.70. The summed E-state index contributed by atoms with van der Waals surface area (Å²) < 4.78 is 0. The van der Waals surface area contributed by atoms with E-state index in [1.54, 1.807) is 12.4 Å². The number of amides is 2. The van der Waals surface area contributed by atoms with Crippen molar-refractivity contribution < 1.29 is 9.59 Å². The lowest BCUT2D eigenvalue weighted by molar-refractivity contribution is -0.140. The predicted molar refractivity (Wildman–Crippen MR) is 129 cm³/mol. The Morgan fingerprint density at radius 2 is 1.67 bits per heavy atom. The van der Waals surface area contributed by atoms with Crippen LogP contribution in [0.25, 0.3) is 0 Å². The first kappa shape index (κ1) is 22.1. The van der Waals surface area contributed by atoms with E-state index in [1.165, 1.54) is 24.0 Å². The first-order valence-electron chi connectivity index (χ1n) is 12.5. The third-order valence-electron chi connectivity index (χ3n) is 7.44. The highest BCUT2D eigenvalue weighted by molar-refractivity contribution is 5.93. The van der Waals surface area contributed by atoms with E-state index in [-0.39, 0.29) is 23.7 Å². The summed E-state index contributed by atoms with van der Waals surface area (Å²) in [6, 6.07) is 10.3. The second kappa shape index (κ2) is 10.0. The molecule has 1 aliphatic carbocycles. The van der Waals surface area contributed by atoms with Gasteiger partial charge in [-0.15, -0.1) is 0 Å². The van der Waals surface area contributed by atoms with Gasteiger partial charge in [0.15, 0.2) is 0 Å². The molecule has 0 radical (unpaired) electrons. The number of anilines is 1. The van der Waals surface area contributed by atoms with Gasteiger partial charge in [-0.2, -0.15) is 0 Å². The number of nitrogens with zero attached hydrogens (tertiary/aromatic N) is 3. The van der Waals surface area contributed by atoms with Crippen molar-refractivity contribution in [1.82, 2.24) is 14.8 Å². The van der Waals surface area contributed by atoms with E-state index in [0.717, 1.165) is 56.6 Å². The van der Waals surface area contributed by atoms with E-state index in [0.29, 0.717) is 19.5 Å². The zero-order valence-electron chi connectivity index (χ0n) is 19.3.